The summed E-state index contributed by atoms with van der Waals surface area (Å²) in [6.45, 7) is 0. The van der Waals surface area contributed by atoms with E-state index in [0.717, 1.165) is 11.0 Å². The molecule has 1 aromatic heterocycles. The van der Waals surface area contributed by atoms with Gasteiger partial charge in [-0.3, -0.25) is 14.4 Å². The van der Waals surface area contributed by atoms with Crippen LogP contribution >= 0.6 is 0 Å². The van der Waals surface area contributed by atoms with Gasteiger partial charge in [-0.25, -0.2) is 4.98 Å². The molecule has 0 amide bonds. The van der Waals surface area contributed by atoms with Gasteiger partial charge in [0.15, 0.2) is 0 Å². The van der Waals surface area contributed by atoms with Crippen molar-refractivity contribution in [2.75, 3.05) is 10.6 Å². The lowest BCUT2D eigenvalue weighted by atomic mass is 10.0. The predicted molar refractivity (Wildman–Crippen MR) is 107 cm³/mol. The molecule has 0 spiro atoms. The Morgan fingerprint density at radius 2 is 1.90 bits per heavy atom. The van der Waals surface area contributed by atoms with E-state index >= 15 is 0 Å². The largest absolute Gasteiger partial charge is 0.508 e. The fourth-order valence-corrected chi connectivity index (χ4v) is 3.15. The van der Waals surface area contributed by atoms with Crippen LogP contribution in [0, 0.1) is 0 Å². The molecule has 4 rings (SSSR count). The molecule has 3 aromatic carbocycles. The highest BCUT2D eigenvalue weighted by molar-refractivity contribution is 5.84. The maximum atomic E-state index is 12.1. The fourth-order valence-electron chi connectivity index (χ4n) is 3.15. The minimum absolute atomic E-state index is 0.00861. The molecule has 0 bridgehead atoms. The zero-order valence-electron chi connectivity index (χ0n) is 15.0. The number of benzene rings is 2. The van der Waals surface area contributed by atoms with Crippen molar-refractivity contribution in [2.45, 2.75) is 12.5 Å². The smallest absolute Gasteiger partial charge is 0.305 e. The molecular weight excluding hydrogens is 376 g/mol. The van der Waals surface area contributed by atoms with Crippen LogP contribution in [0.25, 0.3) is 11.0 Å². The number of nitrogens with one attached hydrogen (secondary N) is 3. The summed E-state index contributed by atoms with van der Waals surface area (Å²) in [6, 6.07) is 10.5. The number of anilines is 3. The van der Waals surface area contributed by atoms with E-state index in [1.807, 2.05) is 0 Å². The summed E-state index contributed by atoms with van der Waals surface area (Å²) in [7, 11) is 0. The molecule has 1 atom stereocenters. The Balaban J connectivity index is 1.64. The quantitative estimate of drug-likeness (QED) is 0.301. The molecule has 0 fully saturated rings. The lowest BCUT2D eigenvalue weighted by Gasteiger charge is -2.22. The lowest BCUT2D eigenvalue weighted by Crippen LogP contribution is -2.37. The molecule has 0 radical (unpaired) electrons. The number of carbonyl (C=O) groups is 1. The lowest BCUT2D eigenvalue weighted by molar-refractivity contribution is -0.137. The van der Waals surface area contributed by atoms with E-state index in [0.29, 0.717) is 11.3 Å². The van der Waals surface area contributed by atoms with Gasteiger partial charge in [0.05, 0.1) is 29.8 Å². The minimum atomic E-state index is -1.09. The number of carboxylic acids is 1. The molecule has 0 saturated heterocycles. The molecule has 4 aromatic rings. The molecule has 29 heavy (non-hydrogen) atoms. The number of hydrogen-bond donors (Lipinski definition) is 5. The number of aromatic hydroxyl groups is 1. The summed E-state index contributed by atoms with van der Waals surface area (Å²) >= 11 is 0. The maximum absolute atomic E-state index is 12.1. The van der Waals surface area contributed by atoms with Gasteiger partial charge in [-0.05, 0) is 35.9 Å². The van der Waals surface area contributed by atoms with Crippen molar-refractivity contribution in [3.05, 3.63) is 74.8 Å². The van der Waals surface area contributed by atoms with Crippen LogP contribution in [0.2, 0.25) is 0 Å². The number of aliphatic carboxylic acids is 1. The Labute approximate surface area is 163 Å². The highest BCUT2D eigenvalue weighted by Gasteiger charge is 2.25. The molecule has 146 valence electrons. The second-order valence-corrected chi connectivity index (χ2v) is 6.56. The zero-order chi connectivity index (χ0) is 20.5. The van der Waals surface area contributed by atoms with E-state index in [1.54, 1.807) is 36.7 Å². The molecule has 0 saturated carbocycles. The zero-order valence-corrected chi connectivity index (χ0v) is 15.0. The van der Waals surface area contributed by atoms with Crippen LogP contribution in [0.15, 0.2) is 58.4 Å². The van der Waals surface area contributed by atoms with E-state index in [4.69, 9.17) is 0 Å². The molecule has 9 nitrogen and oxygen atoms in total. The summed E-state index contributed by atoms with van der Waals surface area (Å²) in [5.41, 5.74) is 1.21. The summed E-state index contributed by atoms with van der Waals surface area (Å²) in [4.78, 5) is 42.6. The number of fused-ring (bicyclic) bond motifs is 1. The van der Waals surface area contributed by atoms with Crippen LogP contribution < -0.4 is 21.5 Å². The second kappa shape index (κ2) is 7.12. The van der Waals surface area contributed by atoms with E-state index in [9.17, 15) is 24.6 Å². The van der Waals surface area contributed by atoms with Crippen LogP contribution in [-0.4, -0.2) is 26.2 Å². The van der Waals surface area contributed by atoms with Crippen molar-refractivity contribution >= 4 is 34.1 Å². The number of nitrogens with zero attached hydrogens (tertiary/aromatic N) is 1. The van der Waals surface area contributed by atoms with Crippen molar-refractivity contribution in [1.82, 2.24) is 9.97 Å². The van der Waals surface area contributed by atoms with Crippen molar-refractivity contribution in [2.24, 2.45) is 0 Å². The third-order valence-electron chi connectivity index (χ3n) is 4.57. The first kappa shape index (κ1) is 18.2. The van der Waals surface area contributed by atoms with Crippen LogP contribution in [0.4, 0.5) is 17.1 Å². The number of hydrogen-bond acceptors (Lipinski definition) is 7. The summed E-state index contributed by atoms with van der Waals surface area (Å²) in [5.74, 6) is -1.13. The van der Waals surface area contributed by atoms with E-state index in [2.05, 4.69) is 20.6 Å². The molecule has 1 unspecified atom stereocenters. The van der Waals surface area contributed by atoms with Crippen molar-refractivity contribution in [3.8, 4) is 5.75 Å². The highest BCUT2D eigenvalue weighted by Crippen LogP contribution is 2.29. The van der Waals surface area contributed by atoms with E-state index in [1.165, 1.54) is 12.1 Å². The first-order chi connectivity index (χ1) is 13.9. The van der Waals surface area contributed by atoms with Gasteiger partial charge in [-0.1, -0.05) is 12.1 Å². The normalized spacial score (nSPS) is 12.1. The number of carboxylic acid groups (broad SMARTS) is 1. The summed E-state index contributed by atoms with van der Waals surface area (Å²) in [5, 5.41) is 24.7. The van der Waals surface area contributed by atoms with Gasteiger partial charge in [0.25, 0.3) is 10.9 Å². The van der Waals surface area contributed by atoms with Gasteiger partial charge in [0.1, 0.15) is 17.1 Å². The molecule has 9 heteroatoms. The second-order valence-electron chi connectivity index (χ2n) is 6.56. The summed E-state index contributed by atoms with van der Waals surface area (Å²) in [6.07, 6.45) is 1.20. The standard InChI is InChI=1S/C20H16N4O5/c25-12-3-1-2-10(6-12)14(8-16(26)27)24-18-17(19(28)20(18)29)23-11-4-5-13-15(7-11)22-9-21-13/h1-7,9,14,23-25H,8H2,(H,21,22)(H,26,27). The third-order valence-corrected chi connectivity index (χ3v) is 4.57. The van der Waals surface area contributed by atoms with Crippen molar-refractivity contribution in [3.63, 3.8) is 0 Å². The Bertz CT molecular complexity index is 1290. The predicted octanol–water partition coefficient (Wildman–Crippen LogP) is 2.24. The number of aromatic nitrogens is 2. The monoisotopic (exact) mass is 392 g/mol. The number of phenols is 1. The minimum Gasteiger partial charge on any atom is -0.508 e. The van der Waals surface area contributed by atoms with Gasteiger partial charge in [0.2, 0.25) is 0 Å². The topological polar surface area (TPSA) is 144 Å². The van der Waals surface area contributed by atoms with Crippen molar-refractivity contribution < 1.29 is 15.0 Å². The molecular formula is C20H16N4O5. The van der Waals surface area contributed by atoms with Crippen LogP contribution in [0.3, 0.4) is 0 Å². The molecule has 0 aliphatic carbocycles. The average molecular weight is 392 g/mol. The number of H-pyrrole nitrogens is 1. The maximum Gasteiger partial charge on any atom is 0.305 e. The Morgan fingerprint density at radius 3 is 2.66 bits per heavy atom. The van der Waals surface area contributed by atoms with E-state index < -0.39 is 22.9 Å². The first-order valence-corrected chi connectivity index (χ1v) is 8.73. The van der Waals surface area contributed by atoms with Gasteiger partial charge < -0.3 is 25.8 Å². The van der Waals surface area contributed by atoms with Crippen LogP contribution in [-0.2, 0) is 4.79 Å². The fraction of sp³-hybridized carbons (Fsp3) is 0.100. The van der Waals surface area contributed by atoms with E-state index in [-0.39, 0.29) is 23.5 Å². The van der Waals surface area contributed by atoms with Crippen LogP contribution in [0.1, 0.15) is 18.0 Å². The number of phenolic OH excluding ortho intramolecular Hbond substituents is 1. The summed E-state index contributed by atoms with van der Waals surface area (Å²) < 4.78 is 0. The van der Waals surface area contributed by atoms with Gasteiger partial charge >= 0.3 is 5.97 Å². The van der Waals surface area contributed by atoms with Gasteiger partial charge in [-0.15, -0.1) is 0 Å². The Hall–Kier alpha value is -4.14. The molecule has 0 aliphatic heterocycles. The molecule has 0 aliphatic rings. The third kappa shape index (κ3) is 3.53. The van der Waals surface area contributed by atoms with Crippen LogP contribution in [0.5, 0.6) is 5.75 Å². The molecule has 5 N–H and O–H groups in total. The molecule has 1 heterocycles. The average Bonchev–Trinajstić information content (AvgIpc) is 3.17. The highest BCUT2D eigenvalue weighted by atomic mass is 16.4. The van der Waals surface area contributed by atoms with Crippen molar-refractivity contribution in [1.29, 1.82) is 0 Å². The SMILES string of the molecule is O=C(O)CC(Nc1c(Nc2ccc3nc[nH]c3c2)c(=O)c1=O)c1cccc(O)c1. The number of aromatic amines is 1. The van der Waals surface area contributed by atoms with Gasteiger partial charge in [0, 0.05) is 5.69 Å². The Morgan fingerprint density at radius 1 is 1.10 bits per heavy atom. The number of imidazole rings is 1. The number of rotatable bonds is 7. The Kier molecular flexibility index (Phi) is 4.47. The van der Waals surface area contributed by atoms with Gasteiger partial charge in [-0.2, -0.15) is 0 Å². The first-order valence-electron chi connectivity index (χ1n) is 8.73.